The molecule has 0 atom stereocenters. The first-order chi connectivity index (χ1) is 8.63. The number of benzene rings is 1. The third-order valence-electron chi connectivity index (χ3n) is 2.25. The van der Waals surface area contributed by atoms with Gasteiger partial charge in [-0.25, -0.2) is 4.39 Å². The Labute approximate surface area is 103 Å². The number of carbonyl (C=O) groups is 1. The predicted octanol–water partition coefficient (Wildman–Crippen LogP) is 3.17. The molecule has 0 unspecified atom stereocenters. The average molecular weight is 249 g/mol. The van der Waals surface area contributed by atoms with Gasteiger partial charge in [-0.3, -0.25) is 4.79 Å². The highest BCUT2D eigenvalue weighted by atomic mass is 19.1. The average Bonchev–Trinajstić information content (AvgIpc) is 2.33. The first kappa shape index (κ1) is 13.7. The number of hydrogen-bond acceptors (Lipinski definition) is 2. The second-order valence-electron chi connectivity index (χ2n) is 3.56. The Bertz CT molecular complexity index is 508. The first-order valence-corrected chi connectivity index (χ1v) is 5.31. The van der Waals surface area contributed by atoms with Crippen LogP contribution in [-0.4, -0.2) is 17.6 Å². The Morgan fingerprint density at radius 2 is 2.33 bits per heavy atom. The van der Waals surface area contributed by atoms with Gasteiger partial charge < -0.3 is 5.11 Å². The summed E-state index contributed by atoms with van der Waals surface area (Å²) >= 11 is 0. The summed E-state index contributed by atoms with van der Waals surface area (Å²) in [6.45, 7) is 0.207. The van der Waals surface area contributed by atoms with E-state index in [-0.39, 0.29) is 19.4 Å². The third kappa shape index (κ3) is 4.67. The van der Waals surface area contributed by atoms with E-state index in [1.54, 1.807) is 24.3 Å². The molecule has 0 saturated carbocycles. The Balaban J connectivity index is 2.69. The summed E-state index contributed by atoms with van der Waals surface area (Å²) in [5.41, 5.74) is 9.08. The summed E-state index contributed by atoms with van der Waals surface area (Å²) in [6, 6.07) is 4.57. The molecule has 0 radical (unpaired) electrons. The summed E-state index contributed by atoms with van der Waals surface area (Å²) in [6.07, 6.45) is 3.33. The van der Waals surface area contributed by atoms with Gasteiger partial charge in [0.2, 0.25) is 0 Å². The minimum atomic E-state index is -0.951. The van der Waals surface area contributed by atoms with Crippen LogP contribution in [0.25, 0.3) is 16.5 Å². The quantitative estimate of drug-likeness (QED) is 0.477. The topological polar surface area (TPSA) is 86.1 Å². The molecule has 0 fully saturated rings. The molecular formula is C12H12FN3O2. The van der Waals surface area contributed by atoms with Gasteiger partial charge in [0.15, 0.2) is 0 Å². The molecule has 0 saturated heterocycles. The minimum Gasteiger partial charge on any atom is -0.481 e. The lowest BCUT2D eigenvalue weighted by atomic mass is 10.1. The number of halogens is 1. The molecule has 1 aromatic carbocycles. The van der Waals surface area contributed by atoms with Crippen molar-refractivity contribution in [1.82, 2.24) is 0 Å². The smallest absolute Gasteiger partial charge is 0.303 e. The van der Waals surface area contributed by atoms with Crippen LogP contribution in [0.3, 0.4) is 0 Å². The molecule has 0 heterocycles. The number of azide groups is 1. The highest BCUT2D eigenvalue weighted by molar-refractivity contribution is 5.67. The lowest BCUT2D eigenvalue weighted by Gasteiger charge is -2.02. The molecule has 18 heavy (non-hydrogen) atoms. The van der Waals surface area contributed by atoms with E-state index in [9.17, 15) is 9.18 Å². The standard InChI is InChI=1S/C12H12FN3O2/c13-11-8-9(2-1-7-15-16-14)3-4-10(11)5-6-12(17)18/h1-4,8H,5-7H2,(H,17,18). The molecular weight excluding hydrogens is 237 g/mol. The number of rotatable bonds is 6. The maximum absolute atomic E-state index is 13.6. The lowest BCUT2D eigenvalue weighted by Crippen LogP contribution is -1.99. The van der Waals surface area contributed by atoms with Crippen LogP contribution in [0.1, 0.15) is 17.5 Å². The van der Waals surface area contributed by atoms with Gasteiger partial charge in [0, 0.05) is 17.9 Å². The van der Waals surface area contributed by atoms with Crippen molar-refractivity contribution in [2.45, 2.75) is 12.8 Å². The molecule has 0 aliphatic heterocycles. The molecule has 1 N–H and O–H groups in total. The van der Waals surface area contributed by atoms with E-state index in [4.69, 9.17) is 10.6 Å². The van der Waals surface area contributed by atoms with Crippen molar-refractivity contribution >= 4 is 12.0 Å². The van der Waals surface area contributed by atoms with Crippen molar-refractivity contribution in [1.29, 1.82) is 0 Å². The molecule has 0 bridgehead atoms. The fourth-order valence-corrected chi connectivity index (χ4v) is 1.38. The molecule has 1 aromatic rings. The SMILES string of the molecule is [N-]=[N+]=NCC=Cc1ccc(CCC(=O)O)c(F)c1. The van der Waals surface area contributed by atoms with Crippen LogP contribution in [0.4, 0.5) is 4.39 Å². The first-order valence-electron chi connectivity index (χ1n) is 5.31. The zero-order chi connectivity index (χ0) is 13.4. The van der Waals surface area contributed by atoms with E-state index < -0.39 is 11.8 Å². The van der Waals surface area contributed by atoms with Crippen molar-refractivity contribution in [3.63, 3.8) is 0 Å². The van der Waals surface area contributed by atoms with Crippen LogP contribution in [0, 0.1) is 5.82 Å². The number of carboxylic acid groups (broad SMARTS) is 1. The number of hydrogen-bond donors (Lipinski definition) is 1. The molecule has 0 aliphatic rings. The molecule has 0 aliphatic carbocycles. The molecule has 94 valence electrons. The largest absolute Gasteiger partial charge is 0.481 e. The zero-order valence-electron chi connectivity index (χ0n) is 9.58. The molecule has 5 nitrogen and oxygen atoms in total. The van der Waals surface area contributed by atoms with Gasteiger partial charge in [-0.05, 0) is 29.1 Å². The van der Waals surface area contributed by atoms with Gasteiger partial charge in [-0.15, -0.1) is 0 Å². The summed E-state index contributed by atoms with van der Waals surface area (Å²) < 4.78 is 13.6. The highest BCUT2D eigenvalue weighted by Gasteiger charge is 2.05. The number of aliphatic carboxylic acids is 1. The lowest BCUT2D eigenvalue weighted by molar-refractivity contribution is -0.136. The second-order valence-corrected chi connectivity index (χ2v) is 3.56. The number of carboxylic acids is 1. The van der Waals surface area contributed by atoms with Gasteiger partial charge in [0.05, 0.1) is 0 Å². The van der Waals surface area contributed by atoms with Gasteiger partial charge in [-0.1, -0.05) is 29.4 Å². The van der Waals surface area contributed by atoms with Crippen LogP contribution in [-0.2, 0) is 11.2 Å². The van der Waals surface area contributed by atoms with E-state index >= 15 is 0 Å². The summed E-state index contributed by atoms with van der Waals surface area (Å²) in [5.74, 6) is -1.38. The zero-order valence-corrected chi connectivity index (χ0v) is 9.58. The Hall–Kier alpha value is -2.33. The van der Waals surface area contributed by atoms with E-state index in [2.05, 4.69) is 10.0 Å². The van der Waals surface area contributed by atoms with Crippen molar-refractivity contribution in [2.75, 3.05) is 6.54 Å². The van der Waals surface area contributed by atoms with Crippen molar-refractivity contribution in [3.8, 4) is 0 Å². The number of aryl methyl sites for hydroxylation is 1. The van der Waals surface area contributed by atoms with Crippen LogP contribution in [0.2, 0.25) is 0 Å². The fraction of sp³-hybridized carbons (Fsp3) is 0.250. The van der Waals surface area contributed by atoms with Crippen LogP contribution in [0.15, 0.2) is 29.4 Å². The van der Waals surface area contributed by atoms with Gasteiger partial charge in [0.25, 0.3) is 0 Å². The highest BCUT2D eigenvalue weighted by Crippen LogP contribution is 2.13. The monoisotopic (exact) mass is 249 g/mol. The van der Waals surface area contributed by atoms with Crippen molar-refractivity contribution in [3.05, 3.63) is 51.7 Å². The maximum Gasteiger partial charge on any atom is 0.303 e. The van der Waals surface area contributed by atoms with Crippen LogP contribution in [0.5, 0.6) is 0 Å². The van der Waals surface area contributed by atoms with E-state index in [1.807, 2.05) is 0 Å². The molecule has 0 amide bonds. The Morgan fingerprint density at radius 1 is 1.56 bits per heavy atom. The molecule has 0 aromatic heterocycles. The van der Waals surface area contributed by atoms with Crippen molar-refractivity contribution < 1.29 is 14.3 Å². The minimum absolute atomic E-state index is 0.0943. The second kappa shape index (κ2) is 7.09. The number of nitrogens with zero attached hydrogens (tertiary/aromatic N) is 3. The van der Waals surface area contributed by atoms with E-state index in [0.717, 1.165) is 0 Å². The molecule has 1 rings (SSSR count). The molecule has 0 spiro atoms. The van der Waals surface area contributed by atoms with E-state index in [0.29, 0.717) is 11.1 Å². The van der Waals surface area contributed by atoms with Gasteiger partial charge >= 0.3 is 5.97 Å². The molecule has 6 heteroatoms. The fourth-order valence-electron chi connectivity index (χ4n) is 1.38. The van der Waals surface area contributed by atoms with E-state index in [1.165, 1.54) is 6.07 Å². The van der Waals surface area contributed by atoms with Crippen LogP contribution >= 0.6 is 0 Å². The summed E-state index contributed by atoms with van der Waals surface area (Å²) in [5, 5.41) is 11.8. The summed E-state index contributed by atoms with van der Waals surface area (Å²) in [4.78, 5) is 13.0. The summed E-state index contributed by atoms with van der Waals surface area (Å²) in [7, 11) is 0. The van der Waals surface area contributed by atoms with Gasteiger partial charge in [0.1, 0.15) is 5.82 Å². The van der Waals surface area contributed by atoms with Crippen LogP contribution < -0.4 is 0 Å². The maximum atomic E-state index is 13.6. The van der Waals surface area contributed by atoms with Gasteiger partial charge in [-0.2, -0.15) is 0 Å². The third-order valence-corrected chi connectivity index (χ3v) is 2.25. The van der Waals surface area contributed by atoms with Crippen molar-refractivity contribution in [2.24, 2.45) is 5.11 Å². The Morgan fingerprint density at radius 3 is 2.94 bits per heavy atom. The Kier molecular flexibility index (Phi) is 5.41. The predicted molar refractivity (Wildman–Crippen MR) is 65.4 cm³/mol. The normalized spacial score (nSPS) is 10.3.